The highest BCUT2D eigenvalue weighted by atomic mass is 16.6. The van der Waals surface area contributed by atoms with Crippen LogP contribution >= 0.6 is 0 Å². The quantitative estimate of drug-likeness (QED) is 0.239. The molecule has 244 valence electrons. The van der Waals surface area contributed by atoms with Crippen molar-refractivity contribution >= 4 is 11.9 Å². The summed E-state index contributed by atoms with van der Waals surface area (Å²) in [6.45, 7) is 8.05. The van der Waals surface area contributed by atoms with Crippen molar-refractivity contribution in [2.24, 2.45) is 5.92 Å². The molecule has 0 aromatic heterocycles. The number of piperidine rings is 1. The van der Waals surface area contributed by atoms with Gasteiger partial charge in [0.1, 0.15) is 11.7 Å². The zero-order chi connectivity index (χ0) is 32.8. The minimum absolute atomic E-state index is 0.0186. The first-order valence-corrected chi connectivity index (χ1v) is 17.0. The average Bonchev–Trinajstić information content (AvgIpc) is 3.42. The summed E-state index contributed by atoms with van der Waals surface area (Å²) in [6, 6.07) is 24.1. The van der Waals surface area contributed by atoms with Crippen molar-refractivity contribution in [1.29, 1.82) is 0 Å². The number of rotatable bonds is 8. The smallest absolute Gasteiger partial charge is 0.303 e. The standard InChI is InChI=1S/C40H44N2O5/c1-27(2)26-42(35(44)18-15-29-11-7-5-8-12-29)32-19-21-40(47-28(3)43)34-25-31-16-17-33(45-4)37-36(31)39(40,38(32)46-37)22-24-41(34)23-20-30-13-9-6-10-14-30/h5-14,16-17,27,32,34,38H,19-26H2,1-4H3/t32-,34+,38-,39-,40?/m0/s1. The molecule has 0 N–H and O–H groups in total. The molecule has 2 aliphatic carbocycles. The van der Waals surface area contributed by atoms with Crippen LogP contribution in [0.1, 0.15) is 62.3 Å². The highest BCUT2D eigenvalue weighted by Crippen LogP contribution is 2.67. The van der Waals surface area contributed by atoms with E-state index in [4.69, 9.17) is 14.2 Å². The molecule has 2 heterocycles. The van der Waals surface area contributed by atoms with Gasteiger partial charge in [0.25, 0.3) is 5.91 Å². The first-order chi connectivity index (χ1) is 22.8. The zero-order valence-electron chi connectivity index (χ0n) is 27.8. The van der Waals surface area contributed by atoms with E-state index in [1.54, 1.807) is 7.11 Å². The zero-order valence-corrected chi connectivity index (χ0v) is 27.8. The lowest BCUT2D eigenvalue weighted by Gasteiger charge is -2.65. The van der Waals surface area contributed by atoms with Crippen LogP contribution in [0, 0.1) is 17.8 Å². The minimum Gasteiger partial charge on any atom is -0.493 e. The first kappa shape index (κ1) is 31.3. The van der Waals surface area contributed by atoms with E-state index in [2.05, 4.69) is 60.9 Å². The SMILES string of the molecule is COc1ccc2c3c1O[C@H]1[C@@H](N(CC(C)C)C(=O)C#Cc4ccccc4)CCC4(OC(C)=O)[C@@H](C2)N(CCc2ccccc2)CC[C@]314. The van der Waals surface area contributed by atoms with Crippen molar-refractivity contribution in [3.8, 4) is 23.3 Å². The van der Waals surface area contributed by atoms with Crippen molar-refractivity contribution in [2.75, 3.05) is 26.7 Å². The molecule has 1 unspecified atom stereocenters. The minimum atomic E-state index is -0.804. The Balaban J connectivity index is 1.33. The predicted octanol–water partition coefficient (Wildman–Crippen LogP) is 5.57. The number of methoxy groups -OCH3 is 1. The van der Waals surface area contributed by atoms with Gasteiger partial charge < -0.3 is 19.1 Å². The molecular formula is C40H44N2O5. The fourth-order valence-electron chi connectivity index (χ4n) is 9.18. The van der Waals surface area contributed by atoms with Gasteiger partial charge in [-0.25, -0.2) is 0 Å². The van der Waals surface area contributed by atoms with Gasteiger partial charge in [-0.1, -0.05) is 74.4 Å². The Morgan fingerprint density at radius 3 is 2.49 bits per heavy atom. The number of amides is 1. The molecule has 3 aromatic carbocycles. The lowest BCUT2D eigenvalue weighted by Crippen LogP contribution is -2.79. The van der Waals surface area contributed by atoms with E-state index >= 15 is 0 Å². The molecule has 5 atom stereocenters. The van der Waals surface area contributed by atoms with Crippen LogP contribution in [0.15, 0.2) is 72.8 Å². The molecule has 7 rings (SSSR count). The Labute approximate surface area is 278 Å². The summed E-state index contributed by atoms with van der Waals surface area (Å²) >= 11 is 0. The molecule has 1 amide bonds. The lowest BCUT2D eigenvalue weighted by atomic mass is 9.48. The number of carbonyl (C=O) groups is 2. The summed E-state index contributed by atoms with van der Waals surface area (Å²) < 4.78 is 19.7. The monoisotopic (exact) mass is 632 g/mol. The van der Waals surface area contributed by atoms with Gasteiger partial charge in [0.2, 0.25) is 0 Å². The first-order valence-electron chi connectivity index (χ1n) is 17.0. The van der Waals surface area contributed by atoms with Crippen LogP contribution in [0.5, 0.6) is 11.5 Å². The van der Waals surface area contributed by atoms with Gasteiger partial charge in [-0.05, 0) is 73.9 Å². The summed E-state index contributed by atoms with van der Waals surface area (Å²) in [5, 5.41) is 0. The van der Waals surface area contributed by atoms with Crippen LogP contribution in [0.3, 0.4) is 0 Å². The summed E-state index contributed by atoms with van der Waals surface area (Å²) in [7, 11) is 1.67. The molecule has 2 fully saturated rings. The number of benzene rings is 3. The Kier molecular flexibility index (Phi) is 8.26. The summed E-state index contributed by atoms with van der Waals surface area (Å²) in [4.78, 5) is 31.7. The van der Waals surface area contributed by atoms with E-state index in [9.17, 15) is 9.59 Å². The molecule has 7 heteroatoms. The van der Waals surface area contributed by atoms with Gasteiger partial charge in [-0.3, -0.25) is 14.5 Å². The van der Waals surface area contributed by atoms with E-state index in [-0.39, 0.29) is 29.9 Å². The molecule has 2 aliphatic heterocycles. The van der Waals surface area contributed by atoms with Crippen LogP contribution in [-0.4, -0.2) is 72.2 Å². The third kappa shape index (κ3) is 5.18. The Hall–Kier alpha value is -4.28. The normalized spacial score (nSPS) is 26.8. The van der Waals surface area contributed by atoms with E-state index in [1.807, 2.05) is 47.4 Å². The van der Waals surface area contributed by atoms with Gasteiger partial charge in [0.05, 0.1) is 24.6 Å². The van der Waals surface area contributed by atoms with Gasteiger partial charge >= 0.3 is 5.97 Å². The van der Waals surface area contributed by atoms with E-state index in [0.29, 0.717) is 25.1 Å². The number of carbonyl (C=O) groups excluding carboxylic acids is 2. The maximum atomic E-state index is 14.1. The largest absolute Gasteiger partial charge is 0.493 e. The summed E-state index contributed by atoms with van der Waals surface area (Å²) in [5.74, 6) is 7.21. The van der Waals surface area contributed by atoms with E-state index in [1.165, 1.54) is 18.1 Å². The van der Waals surface area contributed by atoms with Crippen LogP contribution in [0.4, 0.5) is 0 Å². The summed E-state index contributed by atoms with van der Waals surface area (Å²) in [6.07, 6.45) is 3.28. The molecule has 3 aromatic rings. The number of hydrogen-bond donors (Lipinski definition) is 0. The van der Waals surface area contributed by atoms with Crippen LogP contribution in [0.2, 0.25) is 0 Å². The van der Waals surface area contributed by atoms with Gasteiger partial charge in [0, 0.05) is 37.1 Å². The maximum absolute atomic E-state index is 14.1. The van der Waals surface area contributed by atoms with E-state index in [0.717, 1.165) is 49.2 Å². The van der Waals surface area contributed by atoms with Crippen molar-refractivity contribution in [2.45, 2.75) is 82.1 Å². The van der Waals surface area contributed by atoms with Crippen LogP contribution in [0.25, 0.3) is 0 Å². The van der Waals surface area contributed by atoms with E-state index < -0.39 is 17.1 Å². The Morgan fingerprint density at radius 1 is 1.04 bits per heavy atom. The number of ether oxygens (including phenoxy) is 3. The molecule has 1 spiro atoms. The number of likely N-dealkylation sites (tertiary alicyclic amines) is 1. The second-order valence-electron chi connectivity index (χ2n) is 13.9. The average molecular weight is 633 g/mol. The third-order valence-corrected chi connectivity index (χ3v) is 10.9. The summed E-state index contributed by atoms with van der Waals surface area (Å²) in [5.41, 5.74) is 2.99. The molecule has 1 saturated carbocycles. The molecule has 4 aliphatic rings. The lowest BCUT2D eigenvalue weighted by molar-refractivity contribution is -0.224. The molecule has 0 radical (unpaired) electrons. The van der Waals surface area contributed by atoms with Gasteiger partial charge in [-0.2, -0.15) is 0 Å². The Bertz CT molecular complexity index is 1710. The van der Waals surface area contributed by atoms with Crippen molar-refractivity contribution in [3.63, 3.8) is 0 Å². The molecule has 1 saturated heterocycles. The molecule has 47 heavy (non-hydrogen) atoms. The van der Waals surface area contributed by atoms with Crippen LogP contribution < -0.4 is 9.47 Å². The van der Waals surface area contributed by atoms with Crippen molar-refractivity contribution in [1.82, 2.24) is 9.80 Å². The third-order valence-electron chi connectivity index (χ3n) is 10.9. The molecular weight excluding hydrogens is 588 g/mol. The molecule has 2 bridgehead atoms. The predicted molar refractivity (Wildman–Crippen MR) is 180 cm³/mol. The van der Waals surface area contributed by atoms with Crippen LogP contribution in [-0.2, 0) is 32.6 Å². The van der Waals surface area contributed by atoms with Gasteiger partial charge in [0.15, 0.2) is 11.5 Å². The fraction of sp³-hybridized carbons (Fsp3) is 0.450. The van der Waals surface area contributed by atoms with Gasteiger partial charge in [-0.15, -0.1) is 0 Å². The Morgan fingerprint density at radius 2 is 1.79 bits per heavy atom. The second-order valence-corrected chi connectivity index (χ2v) is 13.9. The number of esters is 1. The molecule has 7 nitrogen and oxygen atoms in total. The van der Waals surface area contributed by atoms with Crippen molar-refractivity contribution < 1.29 is 23.8 Å². The fourth-order valence-corrected chi connectivity index (χ4v) is 9.18. The highest BCUT2D eigenvalue weighted by molar-refractivity contribution is 5.94. The number of nitrogens with zero attached hydrogens (tertiary/aromatic N) is 2. The number of hydrogen-bond acceptors (Lipinski definition) is 6. The highest BCUT2D eigenvalue weighted by Gasteiger charge is 2.75. The maximum Gasteiger partial charge on any atom is 0.303 e. The second kappa shape index (κ2) is 12.4. The van der Waals surface area contributed by atoms with Crippen molar-refractivity contribution in [3.05, 3.63) is 95.1 Å². The topological polar surface area (TPSA) is 68.3 Å².